The number of nitrogens with zero attached hydrogens (tertiary/aromatic N) is 4. The van der Waals surface area contributed by atoms with E-state index in [2.05, 4.69) is 25.2 Å². The van der Waals surface area contributed by atoms with E-state index in [4.69, 9.17) is 4.74 Å². The zero-order valence-electron chi connectivity index (χ0n) is 12.9. The van der Waals surface area contributed by atoms with Gasteiger partial charge in [0.15, 0.2) is 5.65 Å². The molecule has 2 saturated heterocycles. The fourth-order valence-electron chi connectivity index (χ4n) is 3.40. The summed E-state index contributed by atoms with van der Waals surface area (Å²) in [6.07, 6.45) is 5.05. The number of anilines is 1. The van der Waals surface area contributed by atoms with Crippen molar-refractivity contribution in [2.75, 3.05) is 31.6 Å². The summed E-state index contributed by atoms with van der Waals surface area (Å²) in [5.41, 5.74) is 1.48. The van der Waals surface area contributed by atoms with Crippen LogP contribution in [0.25, 0.3) is 11.2 Å². The number of aliphatic hydroxyl groups excluding tert-OH is 1. The number of likely N-dealkylation sites (tertiary alicyclic amines) is 1. The normalized spacial score (nSPS) is 26.7. The second-order valence-electron chi connectivity index (χ2n) is 6.22. The van der Waals surface area contributed by atoms with E-state index >= 15 is 0 Å². The van der Waals surface area contributed by atoms with Crippen LogP contribution in [0, 0.1) is 0 Å². The molecule has 7 heteroatoms. The first-order valence-electron chi connectivity index (χ1n) is 8.14. The number of pyridine rings is 1. The first-order chi connectivity index (χ1) is 11.3. The second kappa shape index (κ2) is 6.35. The lowest BCUT2D eigenvalue weighted by Crippen LogP contribution is -2.49. The molecule has 0 amide bonds. The van der Waals surface area contributed by atoms with Crippen molar-refractivity contribution in [2.45, 2.75) is 31.0 Å². The average Bonchev–Trinajstić information content (AvgIpc) is 3.02. The van der Waals surface area contributed by atoms with Crippen molar-refractivity contribution in [1.29, 1.82) is 0 Å². The van der Waals surface area contributed by atoms with Crippen LogP contribution >= 0.6 is 0 Å². The lowest BCUT2D eigenvalue weighted by atomic mass is 10.0. The van der Waals surface area contributed by atoms with Crippen LogP contribution in [0.2, 0.25) is 0 Å². The minimum absolute atomic E-state index is 0.157. The molecule has 2 aliphatic rings. The van der Waals surface area contributed by atoms with Crippen LogP contribution in [-0.2, 0) is 4.74 Å². The molecule has 0 radical (unpaired) electrons. The summed E-state index contributed by atoms with van der Waals surface area (Å²) in [5, 5.41) is 13.4. The van der Waals surface area contributed by atoms with E-state index < -0.39 is 0 Å². The molecule has 2 atom stereocenters. The number of ether oxygens (including phenoxy) is 1. The highest BCUT2D eigenvalue weighted by atomic mass is 16.5. The van der Waals surface area contributed by atoms with Crippen LogP contribution in [0.3, 0.4) is 0 Å². The zero-order chi connectivity index (χ0) is 15.6. The molecule has 0 unspecified atom stereocenters. The molecule has 2 aliphatic heterocycles. The van der Waals surface area contributed by atoms with Crippen LogP contribution < -0.4 is 5.32 Å². The molecule has 7 nitrogen and oxygen atoms in total. The molecule has 23 heavy (non-hydrogen) atoms. The molecular weight excluding hydrogens is 294 g/mol. The van der Waals surface area contributed by atoms with E-state index in [9.17, 15) is 5.11 Å². The summed E-state index contributed by atoms with van der Waals surface area (Å²) >= 11 is 0. The van der Waals surface area contributed by atoms with E-state index in [1.165, 1.54) is 0 Å². The Labute approximate surface area is 134 Å². The number of nitrogens with one attached hydrogen (secondary N) is 1. The average molecular weight is 315 g/mol. The van der Waals surface area contributed by atoms with Gasteiger partial charge in [-0.1, -0.05) is 0 Å². The lowest BCUT2D eigenvalue weighted by molar-refractivity contribution is 0.0682. The molecule has 0 saturated carbocycles. The lowest BCUT2D eigenvalue weighted by Gasteiger charge is -2.36. The molecule has 4 rings (SSSR count). The van der Waals surface area contributed by atoms with Crippen LogP contribution in [0.4, 0.5) is 5.82 Å². The van der Waals surface area contributed by atoms with Crippen LogP contribution in [0.5, 0.6) is 0 Å². The van der Waals surface area contributed by atoms with Crippen molar-refractivity contribution in [3.05, 3.63) is 24.5 Å². The number of hydrogen-bond acceptors (Lipinski definition) is 7. The van der Waals surface area contributed by atoms with E-state index in [1.54, 1.807) is 12.4 Å². The summed E-state index contributed by atoms with van der Waals surface area (Å²) in [6.45, 7) is 3.04. The molecule has 0 bridgehead atoms. The number of fused-ring (bicyclic) bond motifs is 1. The van der Waals surface area contributed by atoms with Gasteiger partial charge in [0.1, 0.15) is 11.3 Å². The van der Waals surface area contributed by atoms with Crippen molar-refractivity contribution in [2.24, 2.45) is 0 Å². The van der Waals surface area contributed by atoms with Gasteiger partial charge in [0.25, 0.3) is 0 Å². The molecule has 122 valence electrons. The van der Waals surface area contributed by atoms with Crippen molar-refractivity contribution in [1.82, 2.24) is 19.9 Å². The fourth-order valence-corrected chi connectivity index (χ4v) is 3.40. The number of hydrogen-bond donors (Lipinski definition) is 2. The SMILES string of the molecule is O[C@@H]1COC[C@H]1N1CCC(Nc2ccc3nccnc3n2)CC1. The van der Waals surface area contributed by atoms with E-state index in [0.717, 1.165) is 37.3 Å². The smallest absolute Gasteiger partial charge is 0.180 e. The summed E-state index contributed by atoms with van der Waals surface area (Å²) in [4.78, 5) is 15.3. The summed E-state index contributed by atoms with van der Waals surface area (Å²) < 4.78 is 5.36. The number of aromatic nitrogens is 3. The van der Waals surface area contributed by atoms with Crippen molar-refractivity contribution in [3.8, 4) is 0 Å². The number of aliphatic hydroxyl groups is 1. The van der Waals surface area contributed by atoms with Gasteiger partial charge in [-0.25, -0.2) is 9.97 Å². The van der Waals surface area contributed by atoms with Gasteiger partial charge in [-0.15, -0.1) is 0 Å². The standard InChI is InChI=1S/C16H21N5O2/c22-14-10-23-9-13(14)21-7-3-11(4-8-21)19-15-2-1-12-16(20-15)18-6-5-17-12/h1-2,5-6,11,13-14,22H,3-4,7-10H2,(H,18,19,20)/t13-,14-/m1/s1. The van der Waals surface area contributed by atoms with Crippen LogP contribution in [0.15, 0.2) is 24.5 Å². The van der Waals surface area contributed by atoms with Crippen molar-refractivity contribution >= 4 is 17.0 Å². The Hall–Kier alpha value is -1.83. The largest absolute Gasteiger partial charge is 0.389 e. The van der Waals surface area contributed by atoms with E-state index in [0.29, 0.717) is 24.9 Å². The maximum absolute atomic E-state index is 9.94. The van der Waals surface area contributed by atoms with Gasteiger partial charge >= 0.3 is 0 Å². The van der Waals surface area contributed by atoms with Gasteiger partial charge in [0, 0.05) is 31.5 Å². The van der Waals surface area contributed by atoms with Gasteiger partial charge in [-0.3, -0.25) is 9.88 Å². The number of rotatable bonds is 3. The van der Waals surface area contributed by atoms with Gasteiger partial charge in [0.2, 0.25) is 0 Å². The molecule has 0 spiro atoms. The molecule has 2 fully saturated rings. The Balaban J connectivity index is 1.36. The molecule has 2 aromatic rings. The Bertz CT molecular complexity index is 674. The molecule has 0 aliphatic carbocycles. The summed E-state index contributed by atoms with van der Waals surface area (Å²) in [5.74, 6) is 0.848. The third-order valence-corrected chi connectivity index (χ3v) is 4.70. The van der Waals surface area contributed by atoms with Crippen LogP contribution in [0.1, 0.15) is 12.8 Å². The van der Waals surface area contributed by atoms with Crippen LogP contribution in [-0.4, -0.2) is 69.4 Å². The van der Waals surface area contributed by atoms with Gasteiger partial charge < -0.3 is 15.2 Å². The summed E-state index contributed by atoms with van der Waals surface area (Å²) in [6, 6.07) is 4.45. The Morgan fingerprint density at radius 1 is 1.13 bits per heavy atom. The maximum atomic E-state index is 9.94. The molecule has 0 aromatic carbocycles. The van der Waals surface area contributed by atoms with E-state index in [1.807, 2.05) is 12.1 Å². The predicted octanol–water partition coefficient (Wildman–Crippen LogP) is 0.661. The van der Waals surface area contributed by atoms with E-state index in [-0.39, 0.29) is 12.1 Å². The molecule has 2 N–H and O–H groups in total. The van der Waals surface area contributed by atoms with Crippen molar-refractivity contribution < 1.29 is 9.84 Å². The van der Waals surface area contributed by atoms with Gasteiger partial charge in [-0.2, -0.15) is 0 Å². The second-order valence-corrected chi connectivity index (χ2v) is 6.22. The highest BCUT2D eigenvalue weighted by Crippen LogP contribution is 2.21. The molecule has 4 heterocycles. The quantitative estimate of drug-likeness (QED) is 0.861. The predicted molar refractivity (Wildman–Crippen MR) is 86.2 cm³/mol. The maximum Gasteiger partial charge on any atom is 0.180 e. The van der Waals surface area contributed by atoms with Gasteiger partial charge in [0.05, 0.1) is 25.4 Å². The zero-order valence-corrected chi connectivity index (χ0v) is 12.9. The van der Waals surface area contributed by atoms with Gasteiger partial charge in [-0.05, 0) is 25.0 Å². The first kappa shape index (κ1) is 14.7. The highest BCUT2D eigenvalue weighted by Gasteiger charge is 2.33. The topological polar surface area (TPSA) is 83.4 Å². The minimum atomic E-state index is -0.347. The Kier molecular flexibility index (Phi) is 4.07. The molecule has 2 aromatic heterocycles. The third-order valence-electron chi connectivity index (χ3n) is 4.70. The Morgan fingerprint density at radius 2 is 1.96 bits per heavy atom. The third kappa shape index (κ3) is 3.12. The Morgan fingerprint density at radius 3 is 2.74 bits per heavy atom. The highest BCUT2D eigenvalue weighted by molar-refractivity contribution is 5.71. The molecular formula is C16H21N5O2. The first-order valence-corrected chi connectivity index (χ1v) is 8.14. The number of piperidine rings is 1. The van der Waals surface area contributed by atoms with Crippen molar-refractivity contribution in [3.63, 3.8) is 0 Å². The fraction of sp³-hybridized carbons (Fsp3) is 0.562. The minimum Gasteiger partial charge on any atom is -0.389 e. The monoisotopic (exact) mass is 315 g/mol. The summed E-state index contributed by atoms with van der Waals surface area (Å²) in [7, 11) is 0.